The Kier molecular flexibility index (Phi) is 3.47. The Hall–Kier alpha value is -2.08. The molecule has 0 aliphatic heterocycles. The molecule has 0 fully saturated rings. The van der Waals surface area contributed by atoms with Crippen LogP contribution in [-0.4, -0.2) is 15.7 Å². The van der Waals surface area contributed by atoms with Crippen molar-refractivity contribution >= 4 is 11.7 Å². The van der Waals surface area contributed by atoms with Gasteiger partial charge in [0.2, 0.25) is 0 Å². The highest BCUT2D eigenvalue weighted by molar-refractivity contribution is 6.01. The summed E-state index contributed by atoms with van der Waals surface area (Å²) in [5, 5.41) is 6.89. The molecular formula is C12H16N4O2. The van der Waals surface area contributed by atoms with E-state index in [1.165, 1.54) is 0 Å². The van der Waals surface area contributed by atoms with Gasteiger partial charge in [0.25, 0.3) is 5.91 Å². The van der Waals surface area contributed by atoms with Crippen LogP contribution in [-0.2, 0) is 6.54 Å². The van der Waals surface area contributed by atoms with E-state index in [0.29, 0.717) is 11.6 Å². The lowest BCUT2D eigenvalue weighted by molar-refractivity contribution is 0.0994. The van der Waals surface area contributed by atoms with E-state index in [1.54, 1.807) is 29.1 Å². The first-order chi connectivity index (χ1) is 8.61. The van der Waals surface area contributed by atoms with Crippen molar-refractivity contribution in [2.75, 3.05) is 5.32 Å². The standard InChI is InChI=1S/C12H16N4O2/c1-8(2)16-11(5-6-14-16)15-12(17)10-4-3-9(7-13)18-10/h3-6,8H,7,13H2,1-2H3,(H,15,17). The minimum atomic E-state index is -0.308. The molecule has 2 aromatic rings. The fourth-order valence-electron chi connectivity index (χ4n) is 1.61. The highest BCUT2D eigenvalue weighted by atomic mass is 16.4. The monoisotopic (exact) mass is 248 g/mol. The summed E-state index contributed by atoms with van der Waals surface area (Å²) in [6, 6.07) is 5.21. The summed E-state index contributed by atoms with van der Waals surface area (Å²) >= 11 is 0. The molecule has 6 heteroatoms. The highest BCUT2D eigenvalue weighted by Gasteiger charge is 2.14. The fourth-order valence-corrected chi connectivity index (χ4v) is 1.61. The molecule has 3 N–H and O–H groups in total. The normalized spacial score (nSPS) is 10.9. The molecule has 1 amide bonds. The Morgan fingerprint density at radius 2 is 2.28 bits per heavy atom. The van der Waals surface area contributed by atoms with Gasteiger partial charge in [0.1, 0.15) is 11.6 Å². The van der Waals surface area contributed by atoms with Gasteiger partial charge < -0.3 is 15.5 Å². The van der Waals surface area contributed by atoms with E-state index in [2.05, 4.69) is 10.4 Å². The van der Waals surface area contributed by atoms with Crippen molar-refractivity contribution in [2.45, 2.75) is 26.4 Å². The van der Waals surface area contributed by atoms with Gasteiger partial charge in [-0.3, -0.25) is 4.79 Å². The van der Waals surface area contributed by atoms with Crippen molar-refractivity contribution in [2.24, 2.45) is 5.73 Å². The average molecular weight is 248 g/mol. The number of nitrogens with two attached hydrogens (primary N) is 1. The molecule has 2 rings (SSSR count). The number of nitrogens with zero attached hydrogens (tertiary/aromatic N) is 2. The molecule has 0 aromatic carbocycles. The minimum absolute atomic E-state index is 0.173. The Bertz CT molecular complexity index is 542. The molecule has 6 nitrogen and oxygen atoms in total. The minimum Gasteiger partial charge on any atom is -0.455 e. The second-order valence-electron chi connectivity index (χ2n) is 4.18. The quantitative estimate of drug-likeness (QED) is 0.863. The fraction of sp³-hybridized carbons (Fsp3) is 0.333. The van der Waals surface area contributed by atoms with Crippen molar-refractivity contribution in [3.05, 3.63) is 35.9 Å². The maximum Gasteiger partial charge on any atom is 0.292 e. The van der Waals surface area contributed by atoms with Gasteiger partial charge in [-0.15, -0.1) is 0 Å². The van der Waals surface area contributed by atoms with Gasteiger partial charge in [0, 0.05) is 12.1 Å². The molecule has 0 radical (unpaired) electrons. The molecule has 0 spiro atoms. The molecule has 0 aliphatic carbocycles. The predicted molar refractivity (Wildman–Crippen MR) is 67.2 cm³/mol. The number of hydrogen-bond donors (Lipinski definition) is 2. The number of aromatic nitrogens is 2. The molecule has 0 saturated carbocycles. The smallest absolute Gasteiger partial charge is 0.292 e. The number of nitrogens with one attached hydrogen (secondary N) is 1. The van der Waals surface area contributed by atoms with Gasteiger partial charge in [-0.2, -0.15) is 5.10 Å². The number of carbonyl (C=O) groups excluding carboxylic acids is 1. The van der Waals surface area contributed by atoms with Crippen LogP contribution in [0, 0.1) is 0 Å². The summed E-state index contributed by atoms with van der Waals surface area (Å²) in [6.07, 6.45) is 1.64. The summed E-state index contributed by atoms with van der Waals surface area (Å²) in [5.74, 6) is 1.15. The number of carbonyl (C=O) groups is 1. The molecule has 18 heavy (non-hydrogen) atoms. The van der Waals surface area contributed by atoms with Gasteiger partial charge in [0.05, 0.1) is 12.7 Å². The van der Waals surface area contributed by atoms with Crippen molar-refractivity contribution in [1.82, 2.24) is 9.78 Å². The summed E-state index contributed by atoms with van der Waals surface area (Å²) in [7, 11) is 0. The SMILES string of the molecule is CC(C)n1nccc1NC(=O)c1ccc(CN)o1. The van der Waals surface area contributed by atoms with Crippen LogP contribution < -0.4 is 11.1 Å². The van der Waals surface area contributed by atoms with E-state index < -0.39 is 0 Å². The lowest BCUT2D eigenvalue weighted by atomic mass is 10.4. The van der Waals surface area contributed by atoms with Gasteiger partial charge >= 0.3 is 0 Å². The second kappa shape index (κ2) is 5.05. The van der Waals surface area contributed by atoms with Crippen molar-refractivity contribution in [1.29, 1.82) is 0 Å². The third-order valence-corrected chi connectivity index (χ3v) is 2.49. The van der Waals surface area contributed by atoms with Gasteiger partial charge in [-0.05, 0) is 26.0 Å². The number of amides is 1. The van der Waals surface area contributed by atoms with E-state index in [0.717, 1.165) is 0 Å². The van der Waals surface area contributed by atoms with Crippen molar-refractivity contribution in [3.8, 4) is 0 Å². The lowest BCUT2D eigenvalue weighted by Crippen LogP contribution is -2.16. The molecule has 0 unspecified atom stereocenters. The predicted octanol–water partition coefficient (Wildman–Crippen LogP) is 1.77. The first kappa shape index (κ1) is 12.4. The molecule has 2 aromatic heterocycles. The van der Waals surface area contributed by atoms with Crippen LogP contribution in [0.2, 0.25) is 0 Å². The molecule has 0 atom stereocenters. The molecular weight excluding hydrogens is 232 g/mol. The van der Waals surface area contributed by atoms with Crippen LogP contribution in [0.25, 0.3) is 0 Å². The maximum atomic E-state index is 11.9. The molecule has 0 bridgehead atoms. The molecule has 0 aliphatic rings. The summed E-state index contributed by atoms with van der Waals surface area (Å²) in [4.78, 5) is 11.9. The van der Waals surface area contributed by atoms with Crippen LogP contribution in [0.1, 0.15) is 36.2 Å². The van der Waals surface area contributed by atoms with Gasteiger partial charge in [-0.25, -0.2) is 4.68 Å². The Morgan fingerprint density at radius 1 is 1.50 bits per heavy atom. The summed E-state index contributed by atoms with van der Waals surface area (Å²) in [5.41, 5.74) is 5.42. The first-order valence-corrected chi connectivity index (χ1v) is 5.75. The molecule has 96 valence electrons. The zero-order chi connectivity index (χ0) is 13.1. The van der Waals surface area contributed by atoms with Crippen LogP contribution in [0.5, 0.6) is 0 Å². The van der Waals surface area contributed by atoms with E-state index in [9.17, 15) is 4.79 Å². The molecule has 2 heterocycles. The maximum absolute atomic E-state index is 11.9. The van der Waals surface area contributed by atoms with E-state index in [4.69, 9.17) is 10.2 Å². The van der Waals surface area contributed by atoms with Crippen molar-refractivity contribution in [3.63, 3.8) is 0 Å². The Morgan fingerprint density at radius 3 is 2.89 bits per heavy atom. The number of rotatable bonds is 4. The first-order valence-electron chi connectivity index (χ1n) is 5.75. The largest absolute Gasteiger partial charge is 0.455 e. The number of furan rings is 1. The zero-order valence-corrected chi connectivity index (χ0v) is 10.4. The van der Waals surface area contributed by atoms with E-state index in [-0.39, 0.29) is 24.3 Å². The van der Waals surface area contributed by atoms with Gasteiger partial charge in [-0.1, -0.05) is 0 Å². The topological polar surface area (TPSA) is 86.1 Å². The van der Waals surface area contributed by atoms with Gasteiger partial charge in [0.15, 0.2) is 5.76 Å². The van der Waals surface area contributed by atoms with E-state index in [1.807, 2.05) is 13.8 Å². The van der Waals surface area contributed by atoms with Crippen LogP contribution in [0.3, 0.4) is 0 Å². The number of anilines is 1. The second-order valence-corrected chi connectivity index (χ2v) is 4.18. The van der Waals surface area contributed by atoms with Crippen LogP contribution >= 0.6 is 0 Å². The summed E-state index contributed by atoms with van der Waals surface area (Å²) < 4.78 is 7.00. The Balaban J connectivity index is 2.13. The van der Waals surface area contributed by atoms with E-state index >= 15 is 0 Å². The highest BCUT2D eigenvalue weighted by Crippen LogP contribution is 2.15. The van der Waals surface area contributed by atoms with Crippen LogP contribution in [0.4, 0.5) is 5.82 Å². The Labute approximate surface area is 105 Å². The zero-order valence-electron chi connectivity index (χ0n) is 10.4. The van der Waals surface area contributed by atoms with Crippen molar-refractivity contribution < 1.29 is 9.21 Å². The third kappa shape index (κ3) is 2.43. The summed E-state index contributed by atoms with van der Waals surface area (Å²) in [6.45, 7) is 4.25. The number of hydrogen-bond acceptors (Lipinski definition) is 4. The molecule has 0 saturated heterocycles. The third-order valence-electron chi connectivity index (χ3n) is 2.49. The van der Waals surface area contributed by atoms with Crippen LogP contribution in [0.15, 0.2) is 28.8 Å². The lowest BCUT2D eigenvalue weighted by Gasteiger charge is -2.10. The average Bonchev–Trinajstić information content (AvgIpc) is 2.96.